The molecule has 1 aromatic heterocycles. The van der Waals surface area contributed by atoms with Crippen LogP contribution in [0.1, 0.15) is 18.4 Å². The van der Waals surface area contributed by atoms with Crippen LogP contribution in [-0.4, -0.2) is 80.2 Å². The molecule has 0 aliphatic carbocycles. The van der Waals surface area contributed by atoms with E-state index >= 15 is 0 Å². The van der Waals surface area contributed by atoms with E-state index in [0.717, 1.165) is 38.3 Å². The average Bonchev–Trinajstić information content (AvgIpc) is 2.73. The smallest absolute Gasteiger partial charge is 0.229 e. The molecule has 0 spiro atoms. The standard InChI is InChI=1S/C21H28FN3O6S/c1-14-20(30-16-6-8-25(9-7-16)11-15(26)12-29-2)23-13-24-21(14)31-19-5-4-17(10-18(19)22)32(3,27)28/h4-5,10,13,15-16,26H,6-9,11-12H2,1-3H3/t15-/m1/s1. The van der Waals surface area contributed by atoms with Gasteiger partial charge in [0.2, 0.25) is 11.8 Å². The minimum absolute atomic E-state index is 0.0574. The number of benzene rings is 1. The lowest BCUT2D eigenvalue weighted by Gasteiger charge is -2.33. The van der Waals surface area contributed by atoms with Crippen LogP contribution in [0.15, 0.2) is 29.4 Å². The molecule has 0 bridgehead atoms. The van der Waals surface area contributed by atoms with E-state index in [2.05, 4.69) is 14.9 Å². The molecular weight excluding hydrogens is 441 g/mol. The summed E-state index contributed by atoms with van der Waals surface area (Å²) >= 11 is 0. The topological polar surface area (TPSA) is 111 Å². The fourth-order valence-corrected chi connectivity index (χ4v) is 4.08. The number of piperidine rings is 1. The summed E-state index contributed by atoms with van der Waals surface area (Å²) < 4.78 is 54.1. The van der Waals surface area contributed by atoms with Crippen molar-refractivity contribution < 1.29 is 32.1 Å². The van der Waals surface area contributed by atoms with Crippen molar-refractivity contribution >= 4 is 9.84 Å². The summed E-state index contributed by atoms with van der Waals surface area (Å²) in [4.78, 5) is 10.3. The number of β-amino-alcohol motifs (C(OH)–C–C–N with tert-alkyl or cyclic N) is 1. The van der Waals surface area contributed by atoms with Crippen molar-refractivity contribution in [2.45, 2.75) is 36.9 Å². The Hall–Kier alpha value is -2.34. The van der Waals surface area contributed by atoms with Gasteiger partial charge in [-0.05, 0) is 38.0 Å². The summed E-state index contributed by atoms with van der Waals surface area (Å²) in [6, 6.07) is 3.44. The van der Waals surface area contributed by atoms with E-state index in [4.69, 9.17) is 14.2 Å². The molecule has 9 nitrogen and oxygen atoms in total. The van der Waals surface area contributed by atoms with Gasteiger partial charge in [0.15, 0.2) is 21.4 Å². The second kappa shape index (κ2) is 10.5. The lowest BCUT2D eigenvalue weighted by molar-refractivity contribution is 0.0200. The van der Waals surface area contributed by atoms with Crippen LogP contribution in [0.2, 0.25) is 0 Å². The normalized spacial score (nSPS) is 16.7. The monoisotopic (exact) mass is 469 g/mol. The van der Waals surface area contributed by atoms with Crippen molar-refractivity contribution in [2.75, 3.05) is 39.6 Å². The molecule has 1 aliphatic rings. The molecule has 0 amide bonds. The Balaban J connectivity index is 1.63. The minimum atomic E-state index is -3.52. The first-order chi connectivity index (χ1) is 15.2. The SMILES string of the molecule is COC[C@H](O)CN1CCC(Oc2ncnc(Oc3ccc(S(C)(=O)=O)cc3F)c2C)CC1. The van der Waals surface area contributed by atoms with Crippen molar-refractivity contribution in [1.29, 1.82) is 0 Å². The molecule has 1 aromatic carbocycles. The second-order valence-corrected chi connectivity index (χ2v) is 9.82. The molecule has 1 fully saturated rings. The van der Waals surface area contributed by atoms with Crippen molar-refractivity contribution in [2.24, 2.45) is 0 Å². The van der Waals surface area contributed by atoms with Gasteiger partial charge >= 0.3 is 0 Å². The van der Waals surface area contributed by atoms with Crippen LogP contribution in [-0.2, 0) is 14.6 Å². The fourth-order valence-electron chi connectivity index (χ4n) is 3.45. The largest absolute Gasteiger partial charge is 0.474 e. The van der Waals surface area contributed by atoms with E-state index in [9.17, 15) is 17.9 Å². The van der Waals surface area contributed by atoms with Crippen LogP contribution in [0.3, 0.4) is 0 Å². The number of methoxy groups -OCH3 is 1. The molecule has 0 unspecified atom stereocenters. The third-order valence-corrected chi connectivity index (χ3v) is 6.28. The summed E-state index contributed by atoms with van der Waals surface area (Å²) in [7, 11) is -1.96. The molecule has 3 rings (SSSR count). The number of hydrogen-bond acceptors (Lipinski definition) is 9. The Morgan fingerprint density at radius 2 is 1.94 bits per heavy atom. The number of hydrogen-bond donors (Lipinski definition) is 1. The number of sulfone groups is 1. The Kier molecular flexibility index (Phi) is 7.99. The Bertz CT molecular complexity index is 1030. The van der Waals surface area contributed by atoms with Crippen LogP contribution in [0.4, 0.5) is 4.39 Å². The van der Waals surface area contributed by atoms with Gasteiger partial charge in [-0.3, -0.25) is 0 Å². The number of ether oxygens (including phenoxy) is 3. The number of aliphatic hydroxyl groups excluding tert-OH is 1. The molecular formula is C21H28FN3O6S. The molecule has 0 radical (unpaired) electrons. The lowest BCUT2D eigenvalue weighted by Crippen LogP contribution is -2.42. The first-order valence-electron chi connectivity index (χ1n) is 10.2. The highest BCUT2D eigenvalue weighted by Crippen LogP contribution is 2.31. The highest BCUT2D eigenvalue weighted by molar-refractivity contribution is 7.90. The molecule has 32 heavy (non-hydrogen) atoms. The van der Waals surface area contributed by atoms with E-state index in [-0.39, 0.29) is 22.6 Å². The number of rotatable bonds is 9. The third kappa shape index (κ3) is 6.35. The van der Waals surface area contributed by atoms with Gasteiger partial charge in [-0.25, -0.2) is 22.8 Å². The van der Waals surface area contributed by atoms with Crippen molar-refractivity contribution in [3.05, 3.63) is 35.9 Å². The first-order valence-corrected chi connectivity index (χ1v) is 12.1. The number of aromatic nitrogens is 2. The van der Waals surface area contributed by atoms with E-state index in [0.29, 0.717) is 24.6 Å². The van der Waals surface area contributed by atoms with Gasteiger partial charge in [-0.1, -0.05) is 0 Å². The molecule has 2 aromatic rings. The van der Waals surface area contributed by atoms with E-state index in [1.807, 2.05) is 0 Å². The zero-order chi connectivity index (χ0) is 23.3. The molecule has 1 aliphatic heterocycles. The summed E-state index contributed by atoms with van der Waals surface area (Å²) in [6.45, 7) is 4.11. The maximum Gasteiger partial charge on any atom is 0.229 e. The van der Waals surface area contributed by atoms with E-state index < -0.39 is 21.8 Å². The maximum atomic E-state index is 14.4. The second-order valence-electron chi connectivity index (χ2n) is 7.80. The highest BCUT2D eigenvalue weighted by atomic mass is 32.2. The van der Waals surface area contributed by atoms with Gasteiger partial charge in [0.05, 0.1) is 23.2 Å². The van der Waals surface area contributed by atoms with Gasteiger partial charge in [-0.15, -0.1) is 0 Å². The van der Waals surface area contributed by atoms with Crippen LogP contribution >= 0.6 is 0 Å². The molecule has 1 saturated heterocycles. The highest BCUT2D eigenvalue weighted by Gasteiger charge is 2.24. The van der Waals surface area contributed by atoms with Crippen LogP contribution < -0.4 is 9.47 Å². The summed E-state index contributed by atoms with van der Waals surface area (Å²) in [5, 5.41) is 9.88. The van der Waals surface area contributed by atoms with Gasteiger partial charge in [-0.2, -0.15) is 0 Å². The molecule has 11 heteroatoms. The lowest BCUT2D eigenvalue weighted by atomic mass is 10.1. The molecule has 1 N–H and O–H groups in total. The van der Waals surface area contributed by atoms with Crippen molar-refractivity contribution in [3.8, 4) is 17.5 Å². The van der Waals surface area contributed by atoms with Gasteiger partial charge in [0.25, 0.3) is 0 Å². The Morgan fingerprint density at radius 3 is 2.56 bits per heavy atom. The maximum absolute atomic E-state index is 14.4. The average molecular weight is 470 g/mol. The van der Waals surface area contributed by atoms with Gasteiger partial charge < -0.3 is 24.2 Å². The van der Waals surface area contributed by atoms with Gasteiger partial charge in [0, 0.05) is 33.0 Å². The number of likely N-dealkylation sites (tertiary alicyclic amines) is 1. The zero-order valence-electron chi connectivity index (χ0n) is 18.3. The predicted molar refractivity (Wildman–Crippen MR) is 114 cm³/mol. The summed E-state index contributed by atoms with van der Waals surface area (Å²) in [6.07, 6.45) is 3.23. The predicted octanol–water partition coefficient (Wildman–Crippen LogP) is 1.97. The van der Waals surface area contributed by atoms with E-state index in [1.165, 1.54) is 18.5 Å². The quantitative estimate of drug-likeness (QED) is 0.589. The summed E-state index contributed by atoms with van der Waals surface area (Å²) in [5.41, 5.74) is 0.511. The first kappa shape index (κ1) is 24.3. The van der Waals surface area contributed by atoms with Crippen LogP contribution in [0, 0.1) is 12.7 Å². The zero-order valence-corrected chi connectivity index (χ0v) is 19.1. The number of nitrogens with zero attached hydrogens (tertiary/aromatic N) is 3. The van der Waals surface area contributed by atoms with E-state index in [1.54, 1.807) is 14.0 Å². The Morgan fingerprint density at radius 1 is 1.25 bits per heavy atom. The molecule has 176 valence electrons. The number of aliphatic hydroxyl groups is 1. The molecule has 0 saturated carbocycles. The minimum Gasteiger partial charge on any atom is -0.474 e. The number of halogens is 1. The third-order valence-electron chi connectivity index (χ3n) is 5.17. The molecule has 2 heterocycles. The Labute approximate surface area is 187 Å². The van der Waals surface area contributed by atoms with Crippen LogP contribution in [0.25, 0.3) is 0 Å². The molecule has 1 atom stereocenters. The van der Waals surface area contributed by atoms with Crippen molar-refractivity contribution in [1.82, 2.24) is 14.9 Å². The fraction of sp³-hybridized carbons (Fsp3) is 0.524. The summed E-state index contributed by atoms with van der Waals surface area (Å²) in [5.74, 6) is -0.480. The van der Waals surface area contributed by atoms with Gasteiger partial charge in [0.1, 0.15) is 12.4 Å². The van der Waals surface area contributed by atoms with Crippen LogP contribution in [0.5, 0.6) is 17.5 Å². The van der Waals surface area contributed by atoms with Crippen molar-refractivity contribution in [3.63, 3.8) is 0 Å².